The molecule has 3 N–H and O–H groups in total. The van der Waals surface area contributed by atoms with Gasteiger partial charge in [-0.3, -0.25) is 0 Å². The lowest BCUT2D eigenvalue weighted by molar-refractivity contribution is 0.387. The molecule has 0 radical (unpaired) electrons. The predicted octanol–water partition coefficient (Wildman–Crippen LogP) is 2.16. The number of hydrogen-bond acceptors (Lipinski definition) is 8. The van der Waals surface area contributed by atoms with Crippen molar-refractivity contribution in [2.45, 2.75) is 32.9 Å². The molecule has 3 heterocycles. The predicted molar refractivity (Wildman–Crippen MR) is 112 cm³/mol. The number of rotatable bonds is 5. The summed E-state index contributed by atoms with van der Waals surface area (Å²) in [4.78, 5) is 14.9. The van der Waals surface area contributed by atoms with Gasteiger partial charge in [-0.2, -0.15) is 0 Å². The first kappa shape index (κ1) is 20.1. The summed E-state index contributed by atoms with van der Waals surface area (Å²) < 4.78 is 23.0. The first-order valence-electron chi connectivity index (χ1n) is 9.00. The van der Waals surface area contributed by atoms with Gasteiger partial charge in [-0.1, -0.05) is 0 Å². The van der Waals surface area contributed by atoms with E-state index in [0.29, 0.717) is 13.1 Å². The van der Waals surface area contributed by atoms with Gasteiger partial charge in [-0.05, 0) is 38.5 Å². The van der Waals surface area contributed by atoms with Gasteiger partial charge >= 0.3 is 0 Å². The van der Waals surface area contributed by atoms with Crippen LogP contribution < -0.4 is 11.1 Å². The van der Waals surface area contributed by atoms with Crippen LogP contribution >= 0.6 is 0 Å². The molecule has 9 heteroatoms. The Morgan fingerprint density at radius 3 is 2.54 bits per heavy atom. The summed E-state index contributed by atoms with van der Waals surface area (Å²) in [7, 11) is -3.02. The van der Waals surface area contributed by atoms with Crippen LogP contribution in [0.25, 0.3) is 17.3 Å². The van der Waals surface area contributed by atoms with Crippen LogP contribution in [-0.2, 0) is 16.4 Å². The Labute approximate surface area is 165 Å². The molecule has 0 aromatic carbocycles. The van der Waals surface area contributed by atoms with Crippen molar-refractivity contribution < 1.29 is 8.42 Å². The van der Waals surface area contributed by atoms with Gasteiger partial charge in [0.05, 0.1) is 11.4 Å². The molecular weight excluding hydrogens is 376 g/mol. The van der Waals surface area contributed by atoms with Gasteiger partial charge in [-0.15, -0.1) is 0 Å². The molecular formula is C19H26N6O2S. The fourth-order valence-corrected chi connectivity index (χ4v) is 3.43. The van der Waals surface area contributed by atoms with E-state index in [1.54, 1.807) is 12.4 Å². The van der Waals surface area contributed by atoms with E-state index in [1.165, 1.54) is 6.26 Å². The second-order valence-corrected chi connectivity index (χ2v) is 10.3. The average Bonchev–Trinajstić information content (AvgIpc) is 2.58. The van der Waals surface area contributed by atoms with E-state index >= 15 is 0 Å². The van der Waals surface area contributed by atoms with E-state index in [2.05, 4.69) is 36.1 Å². The van der Waals surface area contributed by atoms with Gasteiger partial charge in [0.15, 0.2) is 0 Å². The second kappa shape index (κ2) is 7.38. The summed E-state index contributed by atoms with van der Waals surface area (Å²) in [5, 5.41) is 3.47. The first-order chi connectivity index (χ1) is 13.0. The molecule has 1 aliphatic heterocycles. The molecule has 0 saturated carbocycles. The molecule has 0 bridgehead atoms. The number of nitrogens with two attached hydrogens (primary N) is 1. The molecule has 0 saturated heterocycles. The van der Waals surface area contributed by atoms with Gasteiger partial charge in [0.2, 0.25) is 5.95 Å². The number of fused-ring (bicyclic) bond motifs is 1. The molecule has 8 nitrogen and oxygen atoms in total. The summed E-state index contributed by atoms with van der Waals surface area (Å²) in [6, 6.07) is 1.99. The number of nitrogens with zero attached hydrogens (tertiary/aromatic N) is 4. The van der Waals surface area contributed by atoms with Crippen LogP contribution in [0.2, 0.25) is 0 Å². The van der Waals surface area contributed by atoms with Crippen LogP contribution in [0.3, 0.4) is 0 Å². The van der Waals surface area contributed by atoms with Crippen molar-refractivity contribution in [3.05, 3.63) is 35.8 Å². The van der Waals surface area contributed by atoms with Crippen LogP contribution in [-0.4, -0.2) is 52.4 Å². The monoisotopic (exact) mass is 402 g/mol. The SMILES string of the molecule is CC(C)(C)Nc1nc(-c2cnc(N)nc2)cc2c1CN(CCS(C)(=O)=O)C=C2. The van der Waals surface area contributed by atoms with Crippen molar-refractivity contribution in [3.63, 3.8) is 0 Å². The minimum atomic E-state index is -3.02. The van der Waals surface area contributed by atoms with E-state index < -0.39 is 9.84 Å². The maximum atomic E-state index is 11.5. The van der Waals surface area contributed by atoms with Gasteiger partial charge in [0, 0.05) is 54.6 Å². The standard InChI is InChI=1S/C19H26N6O2S/c1-19(2,3)24-17-15-12-25(7-8-28(4,26)27)6-5-13(15)9-16(23-17)14-10-21-18(20)22-11-14/h5-6,9-11H,7-8,12H2,1-4H3,(H,23,24)(H2,20,21,22). The minimum absolute atomic E-state index is 0.114. The molecule has 0 aliphatic carbocycles. The van der Waals surface area contributed by atoms with E-state index in [-0.39, 0.29) is 17.2 Å². The minimum Gasteiger partial charge on any atom is -0.372 e. The van der Waals surface area contributed by atoms with E-state index in [4.69, 9.17) is 10.7 Å². The van der Waals surface area contributed by atoms with Crippen LogP contribution in [0.5, 0.6) is 0 Å². The molecule has 150 valence electrons. The molecule has 0 atom stereocenters. The van der Waals surface area contributed by atoms with Crippen molar-refractivity contribution in [2.75, 3.05) is 29.6 Å². The molecule has 28 heavy (non-hydrogen) atoms. The number of nitrogens with one attached hydrogen (secondary N) is 1. The third kappa shape index (κ3) is 5.19. The number of hydrogen-bond donors (Lipinski definition) is 2. The Hall–Kier alpha value is -2.68. The summed E-state index contributed by atoms with van der Waals surface area (Å²) in [6.07, 6.45) is 8.48. The van der Waals surface area contributed by atoms with Crippen molar-refractivity contribution in [1.82, 2.24) is 19.9 Å². The Bertz CT molecular complexity index is 994. The zero-order chi connectivity index (χ0) is 20.5. The zero-order valence-electron chi connectivity index (χ0n) is 16.6. The van der Waals surface area contributed by atoms with Gasteiger partial charge in [0.1, 0.15) is 15.7 Å². The van der Waals surface area contributed by atoms with Gasteiger partial charge in [-0.25, -0.2) is 23.4 Å². The van der Waals surface area contributed by atoms with Gasteiger partial charge in [0.25, 0.3) is 0 Å². The molecule has 2 aromatic heterocycles. The van der Waals surface area contributed by atoms with Crippen molar-refractivity contribution >= 4 is 27.7 Å². The smallest absolute Gasteiger partial charge is 0.219 e. The average molecular weight is 403 g/mol. The Balaban J connectivity index is 1.98. The van der Waals surface area contributed by atoms with E-state index in [0.717, 1.165) is 28.2 Å². The summed E-state index contributed by atoms with van der Waals surface area (Å²) in [5.74, 6) is 1.10. The molecule has 0 spiro atoms. The fourth-order valence-electron chi connectivity index (χ4n) is 2.86. The lowest BCUT2D eigenvalue weighted by Gasteiger charge is -2.30. The van der Waals surface area contributed by atoms with Crippen molar-refractivity contribution in [1.29, 1.82) is 0 Å². The molecule has 0 fully saturated rings. The maximum Gasteiger partial charge on any atom is 0.219 e. The molecule has 2 aromatic rings. The molecule has 0 unspecified atom stereocenters. The topological polar surface area (TPSA) is 114 Å². The first-order valence-corrected chi connectivity index (χ1v) is 11.1. The molecule has 0 amide bonds. The van der Waals surface area contributed by atoms with Crippen LogP contribution in [0.1, 0.15) is 31.9 Å². The summed E-state index contributed by atoms with van der Waals surface area (Å²) in [5.41, 5.74) is 9.00. The number of aromatic nitrogens is 3. The zero-order valence-corrected chi connectivity index (χ0v) is 17.4. The third-order valence-corrected chi connectivity index (χ3v) is 5.12. The number of pyridine rings is 1. The number of nitrogen functional groups attached to an aromatic ring is 1. The van der Waals surface area contributed by atoms with Crippen LogP contribution in [0.4, 0.5) is 11.8 Å². The summed E-state index contributed by atoms with van der Waals surface area (Å²) >= 11 is 0. The second-order valence-electron chi connectivity index (χ2n) is 8.04. The van der Waals surface area contributed by atoms with E-state index in [1.807, 2.05) is 23.2 Å². The van der Waals surface area contributed by atoms with Gasteiger partial charge < -0.3 is 16.0 Å². The summed E-state index contributed by atoms with van der Waals surface area (Å²) in [6.45, 7) is 7.24. The number of sulfone groups is 1. The van der Waals surface area contributed by atoms with E-state index in [9.17, 15) is 8.42 Å². The highest BCUT2D eigenvalue weighted by molar-refractivity contribution is 7.90. The maximum absolute atomic E-state index is 11.5. The van der Waals surface area contributed by atoms with Crippen LogP contribution in [0.15, 0.2) is 24.7 Å². The Morgan fingerprint density at radius 1 is 1.25 bits per heavy atom. The normalized spacial score (nSPS) is 14.1. The molecule has 3 rings (SSSR count). The Morgan fingerprint density at radius 2 is 1.93 bits per heavy atom. The highest BCUT2D eigenvalue weighted by Crippen LogP contribution is 2.31. The van der Waals surface area contributed by atoms with Crippen molar-refractivity contribution in [3.8, 4) is 11.3 Å². The van der Waals surface area contributed by atoms with Crippen molar-refractivity contribution in [2.24, 2.45) is 0 Å². The lowest BCUT2D eigenvalue weighted by atomic mass is 10.0. The molecule has 1 aliphatic rings. The highest BCUT2D eigenvalue weighted by Gasteiger charge is 2.21. The Kier molecular flexibility index (Phi) is 5.29. The third-order valence-electron chi connectivity index (χ3n) is 4.20. The number of anilines is 2. The largest absolute Gasteiger partial charge is 0.372 e. The lowest BCUT2D eigenvalue weighted by Crippen LogP contribution is -2.30. The highest BCUT2D eigenvalue weighted by atomic mass is 32.2. The van der Waals surface area contributed by atoms with Crippen LogP contribution in [0, 0.1) is 0 Å². The quantitative estimate of drug-likeness (QED) is 0.782. The fraction of sp³-hybridized carbons (Fsp3) is 0.421.